The molecule has 0 fully saturated rings. The van der Waals surface area contributed by atoms with Gasteiger partial charge in [-0.2, -0.15) is 10.5 Å². The van der Waals surface area contributed by atoms with Crippen molar-refractivity contribution in [2.75, 3.05) is 4.90 Å². The number of rotatable bonds is 11. The van der Waals surface area contributed by atoms with E-state index in [0.29, 0.717) is 9.75 Å². The van der Waals surface area contributed by atoms with Gasteiger partial charge in [-0.25, -0.2) is 9.59 Å². The molecule has 0 saturated heterocycles. The lowest BCUT2D eigenvalue weighted by Gasteiger charge is -2.25. The van der Waals surface area contributed by atoms with Crippen molar-refractivity contribution >= 4 is 88.1 Å². The normalized spacial score (nSPS) is 11.8. The highest BCUT2D eigenvalue weighted by Crippen LogP contribution is 2.35. The molecule has 0 bridgehead atoms. The van der Waals surface area contributed by atoms with Gasteiger partial charge in [0.1, 0.15) is 23.3 Å². The van der Waals surface area contributed by atoms with E-state index >= 15 is 0 Å². The van der Waals surface area contributed by atoms with Crippen molar-refractivity contribution in [2.45, 2.75) is 0 Å². The fraction of sp³-hybridized carbons (Fsp3) is 0. The van der Waals surface area contributed by atoms with Crippen LogP contribution in [-0.4, -0.2) is 22.2 Å². The monoisotopic (exact) mass is 651 g/mol. The molecule has 0 amide bonds. The summed E-state index contributed by atoms with van der Waals surface area (Å²) in [5.74, 6) is -2.49. The Bertz CT molecular complexity index is 1970. The van der Waals surface area contributed by atoms with Crippen molar-refractivity contribution in [1.82, 2.24) is 0 Å². The van der Waals surface area contributed by atoms with E-state index in [1.165, 1.54) is 34.8 Å². The summed E-state index contributed by atoms with van der Waals surface area (Å²) in [6, 6.07) is 37.2. The summed E-state index contributed by atoms with van der Waals surface area (Å²) in [4.78, 5) is 27.7. The summed E-state index contributed by atoms with van der Waals surface area (Å²) in [5.41, 5.74) is 4.36. The lowest BCUT2D eigenvalue weighted by Crippen LogP contribution is -2.09. The summed E-state index contributed by atoms with van der Waals surface area (Å²) in [6.07, 6.45) is 10.6. The molecular formula is C38H25N3O4S2. The van der Waals surface area contributed by atoms with Crippen molar-refractivity contribution in [3.8, 4) is 12.1 Å². The van der Waals surface area contributed by atoms with Crippen molar-refractivity contribution in [3.63, 3.8) is 0 Å². The quantitative estimate of drug-likeness (QED) is 0.108. The molecule has 0 aliphatic heterocycles. The SMILES string of the molecule is N#C/C(=C/c1ccc(/C=C/c2ccc(N(c3ccccc3)c3ccc(/C=C/c4ccc(/C=C(\C#N)C(=O)O)s4)cc3)cc2)s1)C(=O)O. The van der Waals surface area contributed by atoms with E-state index < -0.39 is 11.9 Å². The Morgan fingerprint density at radius 3 is 1.30 bits per heavy atom. The van der Waals surface area contributed by atoms with Crippen LogP contribution in [0.1, 0.15) is 30.6 Å². The number of carbonyl (C=O) groups is 2. The van der Waals surface area contributed by atoms with Crippen LogP contribution in [0.5, 0.6) is 0 Å². The molecule has 0 saturated carbocycles. The maximum absolute atomic E-state index is 11.1. The minimum atomic E-state index is -1.24. The van der Waals surface area contributed by atoms with Crippen LogP contribution in [0.25, 0.3) is 36.5 Å². The third kappa shape index (κ3) is 8.47. The number of hydrogen-bond donors (Lipinski definition) is 2. The van der Waals surface area contributed by atoms with Crippen LogP contribution in [0.2, 0.25) is 0 Å². The molecule has 7 nitrogen and oxygen atoms in total. The molecule has 5 aromatic rings. The predicted molar refractivity (Wildman–Crippen MR) is 190 cm³/mol. The van der Waals surface area contributed by atoms with E-state index in [2.05, 4.69) is 41.3 Å². The van der Waals surface area contributed by atoms with Crippen LogP contribution in [0.4, 0.5) is 17.1 Å². The van der Waals surface area contributed by atoms with E-state index in [1.54, 1.807) is 24.3 Å². The zero-order chi connectivity index (χ0) is 33.2. The molecular weight excluding hydrogens is 627 g/mol. The Morgan fingerprint density at radius 2 is 0.915 bits per heavy atom. The van der Waals surface area contributed by atoms with Crippen LogP contribution < -0.4 is 4.90 Å². The maximum Gasteiger partial charge on any atom is 0.346 e. The predicted octanol–water partition coefficient (Wildman–Crippen LogP) is 9.60. The Hall–Kier alpha value is -6.26. The van der Waals surface area contributed by atoms with Gasteiger partial charge in [0.25, 0.3) is 0 Å². The summed E-state index contributed by atoms with van der Waals surface area (Å²) >= 11 is 2.80. The number of hydrogen-bond acceptors (Lipinski definition) is 7. The second-order valence-electron chi connectivity index (χ2n) is 9.95. The average Bonchev–Trinajstić information content (AvgIpc) is 3.75. The van der Waals surface area contributed by atoms with Gasteiger partial charge in [-0.1, -0.05) is 54.6 Å². The average molecular weight is 652 g/mol. The number of nitriles is 2. The zero-order valence-corrected chi connectivity index (χ0v) is 26.3. The lowest BCUT2D eigenvalue weighted by atomic mass is 10.1. The van der Waals surface area contributed by atoms with Crippen molar-refractivity contribution in [1.29, 1.82) is 10.5 Å². The van der Waals surface area contributed by atoms with Gasteiger partial charge in [-0.3, -0.25) is 0 Å². The molecule has 228 valence electrons. The maximum atomic E-state index is 11.1. The second kappa shape index (κ2) is 15.2. The molecule has 0 atom stereocenters. The van der Waals surface area contributed by atoms with Crippen molar-refractivity contribution in [2.24, 2.45) is 0 Å². The van der Waals surface area contributed by atoms with Gasteiger partial charge >= 0.3 is 11.9 Å². The van der Waals surface area contributed by atoms with Gasteiger partial charge in [-0.15, -0.1) is 22.7 Å². The molecule has 0 unspecified atom stereocenters. The lowest BCUT2D eigenvalue weighted by molar-refractivity contribution is -0.133. The third-order valence-corrected chi connectivity index (χ3v) is 8.76. The van der Waals surface area contributed by atoms with E-state index in [0.717, 1.165) is 37.9 Å². The first kappa shape index (κ1) is 32.1. The van der Waals surface area contributed by atoms with Crippen LogP contribution in [0.15, 0.2) is 114 Å². The summed E-state index contributed by atoms with van der Waals surface area (Å²) < 4.78 is 0. The van der Waals surface area contributed by atoms with E-state index in [1.807, 2.05) is 78.9 Å². The Kier molecular flexibility index (Phi) is 10.4. The topological polar surface area (TPSA) is 125 Å². The Labute approximate surface area is 279 Å². The Balaban J connectivity index is 1.32. The largest absolute Gasteiger partial charge is 0.477 e. The number of anilines is 3. The standard InChI is InChI=1S/C38H25N3O4S2/c39-24-28(37(42)43)22-35-20-18-33(46-35)16-10-26-6-12-31(13-7-26)41(30-4-2-1-3-5-30)32-14-8-27(9-15-32)11-17-34-19-21-36(47-34)23-29(25-40)38(44)45/h1-23H,(H,42,43)(H,44,45)/b16-10+,17-11+,28-22-,29-23+. The first-order chi connectivity index (χ1) is 22.8. The number of para-hydroxylation sites is 1. The van der Waals surface area contributed by atoms with Gasteiger partial charge in [0.05, 0.1) is 0 Å². The highest BCUT2D eigenvalue weighted by molar-refractivity contribution is 7.14. The smallest absolute Gasteiger partial charge is 0.346 e. The van der Waals surface area contributed by atoms with Gasteiger partial charge < -0.3 is 15.1 Å². The molecule has 0 radical (unpaired) electrons. The summed E-state index contributed by atoms with van der Waals surface area (Å²) in [5, 5.41) is 36.2. The molecule has 2 aromatic heterocycles. The van der Waals surface area contributed by atoms with Crippen LogP contribution >= 0.6 is 22.7 Å². The van der Waals surface area contributed by atoms with E-state index in [9.17, 15) is 9.59 Å². The number of benzene rings is 3. The minimum absolute atomic E-state index is 0.301. The number of aliphatic carboxylic acids is 2. The summed E-state index contributed by atoms with van der Waals surface area (Å²) in [6.45, 7) is 0. The van der Waals surface area contributed by atoms with Gasteiger partial charge in [0, 0.05) is 36.6 Å². The fourth-order valence-corrected chi connectivity index (χ4v) is 6.20. The molecule has 0 spiro atoms. The minimum Gasteiger partial charge on any atom is -0.477 e. The molecule has 3 aromatic carbocycles. The fourth-order valence-electron chi connectivity index (χ4n) is 4.49. The Morgan fingerprint density at radius 1 is 0.532 bits per heavy atom. The number of carboxylic acid groups (broad SMARTS) is 2. The van der Waals surface area contributed by atoms with Gasteiger partial charge in [0.2, 0.25) is 0 Å². The molecule has 9 heteroatoms. The first-order valence-electron chi connectivity index (χ1n) is 14.1. The van der Waals surface area contributed by atoms with Crippen LogP contribution in [0.3, 0.4) is 0 Å². The number of carboxylic acids is 2. The van der Waals surface area contributed by atoms with Crippen LogP contribution in [0, 0.1) is 22.7 Å². The third-order valence-electron chi connectivity index (χ3n) is 6.77. The number of thiophene rings is 2. The molecule has 0 aliphatic rings. The van der Waals surface area contributed by atoms with Crippen molar-refractivity contribution in [3.05, 3.63) is 145 Å². The number of nitrogens with zero attached hydrogens (tertiary/aromatic N) is 3. The molecule has 2 heterocycles. The molecule has 47 heavy (non-hydrogen) atoms. The molecule has 2 N–H and O–H groups in total. The molecule has 5 rings (SSSR count). The second-order valence-corrected chi connectivity index (χ2v) is 12.2. The van der Waals surface area contributed by atoms with E-state index in [4.69, 9.17) is 20.7 Å². The first-order valence-corrected chi connectivity index (χ1v) is 15.8. The van der Waals surface area contributed by atoms with E-state index in [-0.39, 0.29) is 11.1 Å². The summed E-state index contributed by atoms with van der Waals surface area (Å²) in [7, 11) is 0. The zero-order valence-electron chi connectivity index (χ0n) is 24.6. The van der Waals surface area contributed by atoms with Gasteiger partial charge in [-0.05, 0) is 96.1 Å². The van der Waals surface area contributed by atoms with Crippen LogP contribution in [-0.2, 0) is 9.59 Å². The highest BCUT2D eigenvalue weighted by atomic mass is 32.1. The highest BCUT2D eigenvalue weighted by Gasteiger charge is 2.12. The van der Waals surface area contributed by atoms with Crippen molar-refractivity contribution < 1.29 is 19.8 Å². The molecule has 0 aliphatic carbocycles. The van der Waals surface area contributed by atoms with Gasteiger partial charge in [0.15, 0.2) is 0 Å².